The van der Waals surface area contributed by atoms with Crippen molar-refractivity contribution in [2.45, 2.75) is 45.4 Å². The Kier molecular flexibility index (Phi) is 5.21. The van der Waals surface area contributed by atoms with Gasteiger partial charge in [-0.05, 0) is 67.3 Å². The average Bonchev–Trinajstić information content (AvgIpc) is 3.25. The van der Waals surface area contributed by atoms with Gasteiger partial charge in [-0.25, -0.2) is 9.67 Å². The van der Waals surface area contributed by atoms with Gasteiger partial charge in [0.25, 0.3) is 0 Å². The topological polar surface area (TPSA) is 43.6 Å². The first-order chi connectivity index (χ1) is 14.6. The van der Waals surface area contributed by atoms with Gasteiger partial charge in [-0.2, -0.15) is 9.49 Å². The molecule has 0 amide bonds. The molecule has 0 N–H and O–H groups in total. The van der Waals surface area contributed by atoms with E-state index >= 15 is 0 Å². The summed E-state index contributed by atoms with van der Waals surface area (Å²) in [5.74, 6) is -0.511. The fourth-order valence-corrected chi connectivity index (χ4v) is 3.48. The number of hydrogen-bond donors (Lipinski definition) is 0. The van der Waals surface area contributed by atoms with Crippen LogP contribution in [0, 0.1) is 5.95 Å². The van der Waals surface area contributed by atoms with E-state index in [1.54, 1.807) is 12.1 Å². The molecule has 4 aromatic rings. The van der Waals surface area contributed by atoms with Gasteiger partial charge in [0.1, 0.15) is 0 Å². The number of nitrogens with zero attached hydrogens (tertiary/aromatic N) is 4. The van der Waals surface area contributed by atoms with Gasteiger partial charge in [-0.1, -0.05) is 45.0 Å². The van der Waals surface area contributed by atoms with Gasteiger partial charge in [-0.15, -0.1) is 0 Å². The third-order valence-electron chi connectivity index (χ3n) is 5.56. The van der Waals surface area contributed by atoms with E-state index in [-0.39, 0.29) is 5.41 Å². The van der Waals surface area contributed by atoms with E-state index in [1.165, 1.54) is 6.07 Å². The van der Waals surface area contributed by atoms with Crippen LogP contribution in [0.5, 0.6) is 0 Å². The highest BCUT2D eigenvalue weighted by atomic mass is 19.1. The SMILES string of the molecule is CC(C)(C)c1cc(-c2cccc(F)n2)nc(C(C)(C)c2ccn(-c3ccccc3)n2)c1. The van der Waals surface area contributed by atoms with Gasteiger partial charge in [-0.3, -0.25) is 4.98 Å². The van der Waals surface area contributed by atoms with Gasteiger partial charge in [0.05, 0.1) is 33.9 Å². The summed E-state index contributed by atoms with van der Waals surface area (Å²) in [5, 5.41) is 4.84. The van der Waals surface area contributed by atoms with Crippen LogP contribution in [0.2, 0.25) is 0 Å². The molecule has 0 saturated carbocycles. The van der Waals surface area contributed by atoms with Crippen LogP contribution in [0.4, 0.5) is 4.39 Å². The summed E-state index contributed by atoms with van der Waals surface area (Å²) in [7, 11) is 0. The summed E-state index contributed by atoms with van der Waals surface area (Å²) in [4.78, 5) is 8.97. The molecule has 0 fully saturated rings. The maximum atomic E-state index is 13.8. The number of rotatable bonds is 4. The summed E-state index contributed by atoms with van der Waals surface area (Å²) in [5.41, 5.74) is 4.55. The zero-order valence-electron chi connectivity index (χ0n) is 18.6. The summed E-state index contributed by atoms with van der Waals surface area (Å²) in [6.45, 7) is 10.7. The molecule has 31 heavy (non-hydrogen) atoms. The third-order valence-corrected chi connectivity index (χ3v) is 5.56. The Labute approximate surface area is 182 Å². The minimum atomic E-state index is -0.511. The third kappa shape index (κ3) is 4.26. The van der Waals surface area contributed by atoms with Crippen LogP contribution in [0.25, 0.3) is 17.1 Å². The highest BCUT2D eigenvalue weighted by Crippen LogP contribution is 2.34. The first kappa shape index (κ1) is 20.9. The largest absolute Gasteiger partial charge is 0.250 e. The average molecular weight is 415 g/mol. The normalized spacial score (nSPS) is 12.2. The number of benzene rings is 1. The molecule has 5 heteroatoms. The lowest BCUT2D eigenvalue weighted by Crippen LogP contribution is -2.24. The molecular weight excluding hydrogens is 387 g/mol. The van der Waals surface area contributed by atoms with Crippen molar-refractivity contribution in [3.63, 3.8) is 0 Å². The molecule has 0 atom stereocenters. The maximum absolute atomic E-state index is 13.8. The quantitative estimate of drug-likeness (QED) is 0.380. The van der Waals surface area contributed by atoms with Crippen molar-refractivity contribution in [1.82, 2.24) is 19.7 Å². The number of halogens is 1. The molecule has 4 rings (SSSR count). The lowest BCUT2D eigenvalue weighted by Gasteiger charge is -2.27. The predicted octanol–water partition coefficient (Wildman–Crippen LogP) is 6.09. The Morgan fingerprint density at radius 1 is 0.742 bits per heavy atom. The van der Waals surface area contributed by atoms with Crippen LogP contribution < -0.4 is 0 Å². The van der Waals surface area contributed by atoms with Crippen molar-refractivity contribution in [1.29, 1.82) is 0 Å². The Morgan fingerprint density at radius 2 is 1.48 bits per heavy atom. The van der Waals surface area contributed by atoms with Crippen molar-refractivity contribution in [3.05, 3.63) is 95.8 Å². The van der Waals surface area contributed by atoms with Crippen molar-refractivity contribution in [2.75, 3.05) is 0 Å². The number of hydrogen-bond acceptors (Lipinski definition) is 3. The molecule has 0 aliphatic rings. The first-order valence-corrected chi connectivity index (χ1v) is 10.4. The van der Waals surface area contributed by atoms with E-state index < -0.39 is 11.4 Å². The molecule has 0 aliphatic heterocycles. The highest BCUT2D eigenvalue weighted by Gasteiger charge is 2.30. The molecule has 0 saturated heterocycles. The van der Waals surface area contributed by atoms with E-state index in [0.29, 0.717) is 11.4 Å². The van der Waals surface area contributed by atoms with Crippen LogP contribution in [-0.4, -0.2) is 19.7 Å². The van der Waals surface area contributed by atoms with Crippen molar-refractivity contribution in [2.24, 2.45) is 0 Å². The van der Waals surface area contributed by atoms with E-state index in [0.717, 1.165) is 22.6 Å². The standard InChI is InChI=1S/C26H27FN4/c1-25(2,3)18-16-21(20-12-9-13-24(27)29-20)28-23(17-18)26(4,5)22-14-15-31(30-22)19-10-7-6-8-11-19/h6-17H,1-5H3. The smallest absolute Gasteiger partial charge is 0.213 e. The van der Waals surface area contributed by atoms with Crippen LogP contribution in [0.15, 0.2) is 72.9 Å². The number of para-hydroxylation sites is 1. The van der Waals surface area contributed by atoms with Gasteiger partial charge in [0.2, 0.25) is 5.95 Å². The second-order valence-electron chi connectivity index (χ2n) is 9.33. The number of aromatic nitrogens is 4. The zero-order valence-corrected chi connectivity index (χ0v) is 18.6. The lowest BCUT2D eigenvalue weighted by atomic mass is 9.80. The van der Waals surface area contributed by atoms with Crippen LogP contribution in [0.1, 0.15) is 51.6 Å². The zero-order chi connectivity index (χ0) is 22.2. The fraction of sp³-hybridized carbons (Fsp3) is 0.269. The summed E-state index contributed by atoms with van der Waals surface area (Å²) >= 11 is 0. The van der Waals surface area contributed by atoms with Crippen molar-refractivity contribution in [3.8, 4) is 17.1 Å². The van der Waals surface area contributed by atoms with Gasteiger partial charge in [0, 0.05) is 6.20 Å². The molecule has 0 spiro atoms. The Hall–Kier alpha value is -3.34. The van der Waals surface area contributed by atoms with E-state index in [9.17, 15) is 4.39 Å². The molecule has 158 valence electrons. The molecule has 0 aliphatic carbocycles. The van der Waals surface area contributed by atoms with Crippen LogP contribution >= 0.6 is 0 Å². The molecule has 1 aromatic carbocycles. The van der Waals surface area contributed by atoms with Gasteiger partial charge < -0.3 is 0 Å². The Bertz CT molecular complexity index is 1200. The number of pyridine rings is 2. The first-order valence-electron chi connectivity index (χ1n) is 10.4. The molecule has 3 aromatic heterocycles. The van der Waals surface area contributed by atoms with Gasteiger partial charge >= 0.3 is 0 Å². The second-order valence-corrected chi connectivity index (χ2v) is 9.33. The minimum Gasteiger partial charge on any atom is -0.250 e. The monoisotopic (exact) mass is 414 g/mol. The maximum Gasteiger partial charge on any atom is 0.213 e. The fourth-order valence-electron chi connectivity index (χ4n) is 3.48. The van der Waals surface area contributed by atoms with Crippen molar-refractivity contribution < 1.29 is 4.39 Å². The summed E-state index contributed by atoms with van der Waals surface area (Å²) < 4.78 is 15.7. The molecule has 4 nitrogen and oxygen atoms in total. The molecule has 3 heterocycles. The lowest BCUT2D eigenvalue weighted by molar-refractivity contribution is 0.563. The molecular formula is C26H27FN4. The van der Waals surface area contributed by atoms with Crippen LogP contribution in [0.3, 0.4) is 0 Å². The summed E-state index contributed by atoms with van der Waals surface area (Å²) in [6, 6.07) is 21.0. The predicted molar refractivity (Wildman–Crippen MR) is 122 cm³/mol. The van der Waals surface area contributed by atoms with Gasteiger partial charge in [0.15, 0.2) is 0 Å². The molecule has 0 unspecified atom stereocenters. The molecule has 0 bridgehead atoms. The highest BCUT2D eigenvalue weighted by molar-refractivity contribution is 5.57. The van der Waals surface area contributed by atoms with E-state index in [2.05, 4.69) is 45.7 Å². The van der Waals surface area contributed by atoms with E-state index in [1.807, 2.05) is 53.3 Å². The Balaban J connectivity index is 1.82. The molecule has 0 radical (unpaired) electrons. The summed E-state index contributed by atoms with van der Waals surface area (Å²) in [6.07, 6.45) is 1.97. The minimum absolute atomic E-state index is 0.0980. The van der Waals surface area contributed by atoms with Crippen LogP contribution in [-0.2, 0) is 10.8 Å². The van der Waals surface area contributed by atoms with E-state index in [4.69, 9.17) is 10.1 Å². The Morgan fingerprint density at radius 3 is 2.16 bits per heavy atom. The second kappa shape index (κ2) is 7.73. The van der Waals surface area contributed by atoms with Crippen molar-refractivity contribution >= 4 is 0 Å².